The summed E-state index contributed by atoms with van der Waals surface area (Å²) >= 11 is 0. The summed E-state index contributed by atoms with van der Waals surface area (Å²) in [4.78, 5) is 17.3. The second kappa shape index (κ2) is 3.05. The molecule has 0 saturated carbocycles. The average Bonchev–Trinajstić information content (AvgIpc) is 1.93. The molecule has 0 aliphatic carbocycles. The smallest absolute Gasteiger partial charge is 0.247 e. The van der Waals surface area contributed by atoms with Gasteiger partial charge in [-0.1, -0.05) is 0 Å². The molecule has 0 aliphatic heterocycles. The zero-order valence-corrected chi connectivity index (χ0v) is 6.02. The van der Waals surface area contributed by atoms with E-state index in [1.54, 1.807) is 6.92 Å². The molecule has 0 atom stereocenters. The van der Waals surface area contributed by atoms with E-state index < -0.39 is 4.92 Å². The lowest BCUT2D eigenvalue weighted by atomic mass is 10.3. The second-order valence-corrected chi connectivity index (χ2v) is 2.08. The summed E-state index contributed by atoms with van der Waals surface area (Å²) in [5, 5.41) is 10.1. The summed E-state index contributed by atoms with van der Waals surface area (Å²) in [5.74, 6) is 0. The van der Waals surface area contributed by atoms with Gasteiger partial charge in [-0.3, -0.25) is 20.1 Å². The van der Waals surface area contributed by atoms with Crippen molar-refractivity contribution in [3.63, 3.8) is 0 Å². The maximum atomic E-state index is 10.1. The van der Waals surface area contributed by atoms with Crippen LogP contribution in [0.15, 0.2) is 12.4 Å². The fraction of sp³-hybridized carbons (Fsp3) is 0.333. The third-order valence-corrected chi connectivity index (χ3v) is 1.26. The Morgan fingerprint density at radius 2 is 2.18 bits per heavy atom. The molecule has 1 aromatic rings. The molecule has 0 aliphatic rings. The lowest BCUT2D eigenvalue weighted by Crippen LogP contribution is -2.03. The Labute approximate surface area is 63.3 Å². The molecule has 1 heterocycles. The second-order valence-electron chi connectivity index (χ2n) is 2.08. The van der Waals surface area contributed by atoms with Crippen molar-refractivity contribution in [2.45, 2.75) is 13.5 Å². The molecule has 0 amide bonds. The van der Waals surface area contributed by atoms with Crippen LogP contribution in [0.3, 0.4) is 0 Å². The Morgan fingerprint density at radius 3 is 2.73 bits per heavy atom. The molecule has 0 spiro atoms. The summed E-state index contributed by atoms with van der Waals surface area (Å²) in [6.07, 6.45) is 2.96. The highest BCUT2D eigenvalue weighted by Gasteiger charge is 2.05. The molecule has 0 bridgehead atoms. The molecule has 0 unspecified atom stereocenters. The van der Waals surface area contributed by atoms with E-state index in [-0.39, 0.29) is 6.54 Å². The minimum atomic E-state index is -0.420. The van der Waals surface area contributed by atoms with Gasteiger partial charge in [0.2, 0.25) is 6.54 Å². The largest absolute Gasteiger partial charge is 0.264 e. The van der Waals surface area contributed by atoms with Gasteiger partial charge in [-0.25, -0.2) is 0 Å². The van der Waals surface area contributed by atoms with Gasteiger partial charge in [0.15, 0.2) is 0 Å². The van der Waals surface area contributed by atoms with Gasteiger partial charge in [-0.2, -0.15) is 0 Å². The molecular formula is C6H7N3O2. The highest BCUT2D eigenvalue weighted by Crippen LogP contribution is 1.99. The van der Waals surface area contributed by atoms with E-state index in [1.165, 1.54) is 12.4 Å². The predicted molar refractivity (Wildman–Crippen MR) is 37.5 cm³/mol. The van der Waals surface area contributed by atoms with Crippen molar-refractivity contribution in [1.82, 2.24) is 9.97 Å². The monoisotopic (exact) mass is 153 g/mol. The molecule has 11 heavy (non-hydrogen) atoms. The van der Waals surface area contributed by atoms with E-state index in [9.17, 15) is 10.1 Å². The van der Waals surface area contributed by atoms with Gasteiger partial charge in [0.25, 0.3) is 0 Å². The molecule has 5 heteroatoms. The van der Waals surface area contributed by atoms with Gasteiger partial charge in [0.05, 0.1) is 5.69 Å². The average molecular weight is 153 g/mol. The van der Waals surface area contributed by atoms with Crippen LogP contribution in [0.25, 0.3) is 0 Å². The number of rotatable bonds is 2. The van der Waals surface area contributed by atoms with Crippen molar-refractivity contribution >= 4 is 0 Å². The predicted octanol–water partition coefficient (Wildman–Crippen LogP) is 0.562. The lowest BCUT2D eigenvalue weighted by molar-refractivity contribution is -0.497. The highest BCUT2D eigenvalue weighted by molar-refractivity contribution is 5.06. The van der Waals surface area contributed by atoms with Crippen molar-refractivity contribution in [1.29, 1.82) is 0 Å². The van der Waals surface area contributed by atoms with Gasteiger partial charge in [-0.05, 0) is 6.92 Å². The van der Waals surface area contributed by atoms with Gasteiger partial charge in [0, 0.05) is 17.3 Å². The molecule has 0 radical (unpaired) electrons. The minimum absolute atomic E-state index is 0.250. The van der Waals surface area contributed by atoms with Crippen molar-refractivity contribution in [3.8, 4) is 0 Å². The quantitative estimate of drug-likeness (QED) is 0.460. The minimum Gasteiger partial charge on any atom is -0.264 e. The number of aromatic nitrogens is 2. The molecule has 1 aromatic heterocycles. The first-order valence-corrected chi connectivity index (χ1v) is 3.08. The van der Waals surface area contributed by atoms with Crippen LogP contribution >= 0.6 is 0 Å². The molecule has 0 aromatic carbocycles. The SMILES string of the molecule is Cc1nccnc1C[N+](=O)[O-]. The number of aryl methyl sites for hydroxylation is 1. The molecule has 5 nitrogen and oxygen atoms in total. The molecular weight excluding hydrogens is 146 g/mol. The van der Waals surface area contributed by atoms with Gasteiger partial charge in [-0.15, -0.1) is 0 Å². The summed E-state index contributed by atoms with van der Waals surface area (Å²) in [7, 11) is 0. The highest BCUT2D eigenvalue weighted by atomic mass is 16.6. The number of hydrogen-bond acceptors (Lipinski definition) is 4. The number of hydrogen-bond donors (Lipinski definition) is 0. The number of nitro groups is 1. The summed E-state index contributed by atoms with van der Waals surface area (Å²) in [6.45, 7) is 1.45. The van der Waals surface area contributed by atoms with Crippen LogP contribution in [0, 0.1) is 17.0 Å². The first-order chi connectivity index (χ1) is 5.20. The van der Waals surface area contributed by atoms with E-state index in [1.807, 2.05) is 0 Å². The van der Waals surface area contributed by atoms with Crippen molar-refractivity contribution < 1.29 is 4.92 Å². The Balaban J connectivity index is 2.86. The third kappa shape index (κ3) is 1.96. The molecule has 58 valence electrons. The summed E-state index contributed by atoms with van der Waals surface area (Å²) in [6, 6.07) is 0. The Hall–Kier alpha value is -1.52. The summed E-state index contributed by atoms with van der Waals surface area (Å²) in [5.41, 5.74) is 1.04. The number of nitrogens with zero attached hydrogens (tertiary/aromatic N) is 3. The van der Waals surface area contributed by atoms with E-state index in [2.05, 4.69) is 9.97 Å². The topological polar surface area (TPSA) is 68.9 Å². The molecule has 0 saturated heterocycles. The maximum Gasteiger partial charge on any atom is 0.247 e. The molecule has 1 rings (SSSR count). The summed E-state index contributed by atoms with van der Waals surface area (Å²) < 4.78 is 0. The first-order valence-electron chi connectivity index (χ1n) is 3.08. The van der Waals surface area contributed by atoms with Crippen LogP contribution in [0.1, 0.15) is 11.4 Å². The molecule has 0 fully saturated rings. The normalized spacial score (nSPS) is 9.55. The van der Waals surface area contributed by atoms with Crippen LogP contribution in [0.5, 0.6) is 0 Å². The van der Waals surface area contributed by atoms with Crippen LogP contribution in [-0.4, -0.2) is 14.9 Å². The van der Waals surface area contributed by atoms with Crippen LogP contribution in [0.2, 0.25) is 0 Å². The Bertz CT molecular complexity index is 274. The fourth-order valence-electron chi connectivity index (χ4n) is 0.714. The van der Waals surface area contributed by atoms with E-state index >= 15 is 0 Å². The van der Waals surface area contributed by atoms with Crippen molar-refractivity contribution in [2.24, 2.45) is 0 Å². The maximum absolute atomic E-state index is 10.1. The zero-order chi connectivity index (χ0) is 8.27. The zero-order valence-electron chi connectivity index (χ0n) is 6.02. The Morgan fingerprint density at radius 1 is 1.55 bits per heavy atom. The molecule has 0 N–H and O–H groups in total. The third-order valence-electron chi connectivity index (χ3n) is 1.26. The van der Waals surface area contributed by atoms with Crippen LogP contribution < -0.4 is 0 Å². The first kappa shape index (κ1) is 7.59. The lowest BCUT2D eigenvalue weighted by Gasteiger charge is -1.95. The van der Waals surface area contributed by atoms with Crippen molar-refractivity contribution in [3.05, 3.63) is 33.9 Å². The van der Waals surface area contributed by atoms with Gasteiger partial charge < -0.3 is 0 Å². The van der Waals surface area contributed by atoms with E-state index in [0.29, 0.717) is 11.4 Å². The van der Waals surface area contributed by atoms with Crippen LogP contribution in [0.4, 0.5) is 0 Å². The van der Waals surface area contributed by atoms with Crippen LogP contribution in [-0.2, 0) is 6.54 Å². The van der Waals surface area contributed by atoms with Gasteiger partial charge >= 0.3 is 0 Å². The standard InChI is InChI=1S/C6H7N3O2/c1-5-6(4-9(10)11)8-3-2-7-5/h2-3H,4H2,1H3. The van der Waals surface area contributed by atoms with Crippen molar-refractivity contribution in [2.75, 3.05) is 0 Å². The van der Waals surface area contributed by atoms with E-state index in [4.69, 9.17) is 0 Å². The van der Waals surface area contributed by atoms with Gasteiger partial charge in [0.1, 0.15) is 5.69 Å². The van der Waals surface area contributed by atoms with E-state index in [0.717, 1.165) is 0 Å². The fourth-order valence-corrected chi connectivity index (χ4v) is 0.714. The Kier molecular flexibility index (Phi) is 2.10.